The highest BCUT2D eigenvalue weighted by atomic mass is 35.5. The fourth-order valence-corrected chi connectivity index (χ4v) is 3.17. The third-order valence-corrected chi connectivity index (χ3v) is 4.68. The van der Waals surface area contributed by atoms with Crippen molar-refractivity contribution in [2.45, 2.75) is 57.7 Å². The Labute approximate surface area is 154 Å². The number of ether oxygens (including phenoxy) is 1. The molecule has 2 aliphatic heterocycles. The van der Waals surface area contributed by atoms with Crippen LogP contribution in [0.4, 0.5) is 5.69 Å². The second-order valence-corrected chi connectivity index (χ2v) is 6.49. The zero-order valence-corrected chi connectivity index (χ0v) is 15.4. The van der Waals surface area contributed by atoms with Crippen molar-refractivity contribution in [1.29, 1.82) is 0 Å². The summed E-state index contributed by atoms with van der Waals surface area (Å²) < 4.78 is 5.77. The highest BCUT2D eigenvalue weighted by Crippen LogP contribution is 2.33. The Morgan fingerprint density at radius 2 is 2.20 bits per heavy atom. The topological polar surface area (TPSA) is 79.5 Å². The van der Waals surface area contributed by atoms with E-state index >= 15 is 0 Å². The van der Waals surface area contributed by atoms with Crippen LogP contribution in [-0.2, 0) is 9.59 Å². The summed E-state index contributed by atoms with van der Waals surface area (Å²) in [4.78, 5) is 24.2. The summed E-state index contributed by atoms with van der Waals surface area (Å²) >= 11 is 0. The van der Waals surface area contributed by atoms with Crippen molar-refractivity contribution in [3.05, 3.63) is 23.8 Å². The molecule has 2 heterocycles. The molecule has 138 valence electrons. The minimum absolute atomic E-state index is 0. The van der Waals surface area contributed by atoms with E-state index in [-0.39, 0.29) is 36.3 Å². The van der Waals surface area contributed by atoms with Crippen LogP contribution in [0.1, 0.15) is 51.1 Å². The first-order valence-electron chi connectivity index (χ1n) is 8.73. The number of piperidine rings is 1. The average Bonchev–Trinajstić information content (AvgIpc) is 2.61. The first-order chi connectivity index (χ1) is 11.6. The zero-order chi connectivity index (χ0) is 17.1. The molecule has 0 spiro atoms. The molecule has 3 N–H and O–H groups in total. The fourth-order valence-electron chi connectivity index (χ4n) is 3.17. The van der Waals surface area contributed by atoms with Crippen molar-refractivity contribution in [2.75, 3.05) is 11.9 Å². The molecule has 1 fully saturated rings. The largest absolute Gasteiger partial charge is 0.478 e. The van der Waals surface area contributed by atoms with E-state index in [4.69, 9.17) is 4.74 Å². The second kappa shape index (κ2) is 8.54. The van der Waals surface area contributed by atoms with Gasteiger partial charge >= 0.3 is 0 Å². The van der Waals surface area contributed by atoms with E-state index in [2.05, 4.69) is 16.0 Å². The van der Waals surface area contributed by atoms with Crippen molar-refractivity contribution >= 4 is 29.9 Å². The van der Waals surface area contributed by atoms with Gasteiger partial charge in [0, 0.05) is 0 Å². The van der Waals surface area contributed by atoms with Crippen molar-refractivity contribution in [1.82, 2.24) is 10.6 Å². The van der Waals surface area contributed by atoms with E-state index in [1.54, 1.807) is 0 Å². The summed E-state index contributed by atoms with van der Waals surface area (Å²) in [6.45, 7) is 4.78. The van der Waals surface area contributed by atoms with E-state index in [1.807, 2.05) is 32.0 Å². The molecule has 0 aromatic heterocycles. The lowest BCUT2D eigenvalue weighted by atomic mass is 10.0. The van der Waals surface area contributed by atoms with Gasteiger partial charge in [0.05, 0.1) is 17.8 Å². The van der Waals surface area contributed by atoms with E-state index < -0.39 is 6.10 Å². The highest BCUT2D eigenvalue weighted by molar-refractivity contribution is 5.97. The van der Waals surface area contributed by atoms with E-state index in [0.717, 1.165) is 31.4 Å². The van der Waals surface area contributed by atoms with Crippen LogP contribution in [0.15, 0.2) is 18.2 Å². The number of benzene rings is 1. The lowest BCUT2D eigenvalue weighted by Crippen LogP contribution is -2.47. The van der Waals surface area contributed by atoms with Crippen molar-refractivity contribution in [2.24, 2.45) is 0 Å². The maximum Gasteiger partial charge on any atom is 0.265 e. The van der Waals surface area contributed by atoms with Gasteiger partial charge in [-0.15, -0.1) is 12.4 Å². The summed E-state index contributed by atoms with van der Waals surface area (Å²) in [6.07, 6.45) is 3.27. The predicted molar refractivity (Wildman–Crippen MR) is 99.2 cm³/mol. The number of halogens is 1. The first kappa shape index (κ1) is 19.5. The van der Waals surface area contributed by atoms with Gasteiger partial charge in [-0.05, 0) is 50.4 Å². The normalized spacial score (nSPS) is 23.4. The minimum atomic E-state index is -0.455. The van der Waals surface area contributed by atoms with Crippen LogP contribution < -0.4 is 20.7 Å². The molecule has 7 heteroatoms. The molecule has 0 radical (unpaired) electrons. The molecule has 25 heavy (non-hydrogen) atoms. The maximum atomic E-state index is 12.4. The van der Waals surface area contributed by atoms with Crippen LogP contribution in [0, 0.1) is 0 Å². The van der Waals surface area contributed by atoms with Crippen molar-refractivity contribution < 1.29 is 14.3 Å². The summed E-state index contributed by atoms with van der Waals surface area (Å²) in [5.41, 5.74) is 1.64. The lowest BCUT2D eigenvalue weighted by Gasteiger charge is -2.27. The number of carbonyl (C=O) groups is 2. The summed E-state index contributed by atoms with van der Waals surface area (Å²) in [5.74, 6) is 0.596. The zero-order valence-electron chi connectivity index (χ0n) is 14.6. The molecular formula is C18H26ClN3O3. The molecule has 0 bridgehead atoms. The number of rotatable bonds is 4. The first-order valence-corrected chi connectivity index (χ1v) is 8.73. The van der Waals surface area contributed by atoms with Crippen LogP contribution >= 0.6 is 12.4 Å². The van der Waals surface area contributed by atoms with Gasteiger partial charge in [0.25, 0.3) is 5.91 Å². The van der Waals surface area contributed by atoms with E-state index in [1.165, 1.54) is 0 Å². The number of carbonyl (C=O) groups excluding carboxylic acids is 2. The Morgan fingerprint density at radius 1 is 1.40 bits per heavy atom. The molecule has 2 aliphatic rings. The third-order valence-electron chi connectivity index (χ3n) is 4.68. The van der Waals surface area contributed by atoms with Crippen LogP contribution in [0.25, 0.3) is 0 Å². The monoisotopic (exact) mass is 367 g/mol. The number of anilines is 1. The SMILES string of the molecule is CCC1Oc2cc(C(C)NC(=O)C3CCCCN3)ccc2NC1=O.Cl. The van der Waals surface area contributed by atoms with Crippen molar-refractivity contribution in [3.63, 3.8) is 0 Å². The molecule has 1 aromatic carbocycles. The third kappa shape index (κ3) is 4.44. The molecule has 3 atom stereocenters. The van der Waals surface area contributed by atoms with Gasteiger partial charge in [-0.2, -0.15) is 0 Å². The summed E-state index contributed by atoms with van der Waals surface area (Å²) in [6, 6.07) is 5.42. The Balaban J connectivity index is 0.00000225. The smallest absolute Gasteiger partial charge is 0.265 e. The molecule has 0 aliphatic carbocycles. The fraction of sp³-hybridized carbons (Fsp3) is 0.556. The molecule has 2 amide bonds. The predicted octanol–water partition coefficient (Wildman–Crippen LogP) is 2.54. The molecule has 0 saturated carbocycles. The molecule has 6 nitrogen and oxygen atoms in total. The summed E-state index contributed by atoms with van der Waals surface area (Å²) in [5, 5.41) is 9.18. The number of hydrogen-bond donors (Lipinski definition) is 3. The Morgan fingerprint density at radius 3 is 2.88 bits per heavy atom. The summed E-state index contributed by atoms with van der Waals surface area (Å²) in [7, 11) is 0. The Bertz CT molecular complexity index is 632. The van der Waals surface area contributed by atoms with Crippen LogP contribution in [0.3, 0.4) is 0 Å². The average molecular weight is 368 g/mol. The number of amides is 2. The molecule has 3 unspecified atom stereocenters. The quantitative estimate of drug-likeness (QED) is 0.764. The highest BCUT2D eigenvalue weighted by Gasteiger charge is 2.27. The Kier molecular flexibility index (Phi) is 6.67. The van der Waals surface area contributed by atoms with Gasteiger partial charge in [0.2, 0.25) is 5.91 Å². The lowest BCUT2D eigenvalue weighted by molar-refractivity contribution is -0.124. The van der Waals surface area contributed by atoms with Gasteiger partial charge in [-0.1, -0.05) is 19.4 Å². The molecule has 1 saturated heterocycles. The minimum Gasteiger partial charge on any atom is -0.478 e. The van der Waals surface area contributed by atoms with Gasteiger partial charge in [0.15, 0.2) is 6.10 Å². The van der Waals surface area contributed by atoms with Gasteiger partial charge in [0.1, 0.15) is 5.75 Å². The molecule has 3 rings (SSSR count). The van der Waals surface area contributed by atoms with E-state index in [0.29, 0.717) is 17.9 Å². The molecule has 1 aromatic rings. The van der Waals surface area contributed by atoms with Gasteiger partial charge < -0.3 is 20.7 Å². The van der Waals surface area contributed by atoms with Crippen LogP contribution in [0.5, 0.6) is 5.75 Å². The number of fused-ring (bicyclic) bond motifs is 1. The van der Waals surface area contributed by atoms with Gasteiger partial charge in [-0.3, -0.25) is 9.59 Å². The standard InChI is InChI=1S/C18H25N3O3.ClH/c1-3-15-18(23)21-13-8-7-12(10-16(13)24-15)11(2)20-17(22)14-6-4-5-9-19-14;/h7-8,10-11,14-15,19H,3-6,9H2,1-2H3,(H,20,22)(H,21,23);1H. The van der Waals surface area contributed by atoms with Crippen LogP contribution in [0.2, 0.25) is 0 Å². The van der Waals surface area contributed by atoms with E-state index in [9.17, 15) is 9.59 Å². The van der Waals surface area contributed by atoms with Crippen molar-refractivity contribution in [3.8, 4) is 5.75 Å². The van der Waals surface area contributed by atoms with Gasteiger partial charge in [-0.25, -0.2) is 0 Å². The number of nitrogens with one attached hydrogen (secondary N) is 3. The maximum absolute atomic E-state index is 12.4. The number of hydrogen-bond acceptors (Lipinski definition) is 4. The molecular weight excluding hydrogens is 342 g/mol. The van der Waals surface area contributed by atoms with Crippen LogP contribution in [-0.4, -0.2) is 30.5 Å². The Hall–Kier alpha value is -1.79. The second-order valence-electron chi connectivity index (χ2n) is 6.49.